The van der Waals surface area contributed by atoms with Gasteiger partial charge in [-0.1, -0.05) is 6.07 Å². The van der Waals surface area contributed by atoms with Crippen LogP contribution in [-0.4, -0.2) is 26.4 Å². The van der Waals surface area contributed by atoms with Gasteiger partial charge in [0.05, 0.1) is 5.56 Å². The summed E-state index contributed by atoms with van der Waals surface area (Å²) in [6.07, 6.45) is -7.12. The molecule has 0 spiro atoms. The highest BCUT2D eigenvalue weighted by atomic mass is 19.4. The average molecular weight is 355 g/mol. The number of aromatic nitrogens is 4. The van der Waals surface area contributed by atoms with Crippen molar-refractivity contribution >= 4 is 17.2 Å². The lowest BCUT2D eigenvalue weighted by Gasteiger charge is -2.19. The second kappa shape index (κ2) is 5.36. The summed E-state index contributed by atoms with van der Waals surface area (Å²) in [6, 6.07) is 6.89. The van der Waals surface area contributed by atoms with Gasteiger partial charge in [-0.3, -0.25) is 0 Å². The van der Waals surface area contributed by atoms with Crippen LogP contribution >= 0.6 is 0 Å². The largest absolute Gasteiger partial charge is 0.416 e. The van der Waals surface area contributed by atoms with Gasteiger partial charge in [-0.2, -0.15) is 17.7 Å². The molecule has 0 bridgehead atoms. The summed E-state index contributed by atoms with van der Waals surface area (Å²) in [4.78, 5) is 1.57. The maximum absolute atomic E-state index is 13.1. The fourth-order valence-corrected chi connectivity index (χ4v) is 3.01. The Hall–Kier alpha value is -2.78. The van der Waals surface area contributed by atoms with E-state index in [0.29, 0.717) is 5.69 Å². The van der Waals surface area contributed by atoms with Crippen LogP contribution in [0.5, 0.6) is 0 Å². The van der Waals surface area contributed by atoms with Crippen molar-refractivity contribution < 1.29 is 22.0 Å². The lowest BCUT2D eigenvalue weighted by Crippen LogP contribution is -2.16. The molecular weight excluding hydrogens is 345 g/mol. The molecule has 3 aromatic rings. The summed E-state index contributed by atoms with van der Waals surface area (Å²) in [5.41, 5.74) is -0.00302. The van der Waals surface area contributed by atoms with Crippen LogP contribution in [0.15, 0.2) is 30.3 Å². The predicted octanol–water partition coefficient (Wildman–Crippen LogP) is 3.77. The van der Waals surface area contributed by atoms with Crippen molar-refractivity contribution in [2.75, 3.05) is 11.4 Å². The number of hydrogen-bond donors (Lipinski definition) is 0. The summed E-state index contributed by atoms with van der Waals surface area (Å²) in [6.45, 7) is 0.271. The normalized spacial score (nSPS) is 14.6. The van der Waals surface area contributed by atoms with E-state index in [4.69, 9.17) is 0 Å². The highest BCUT2D eigenvalue weighted by molar-refractivity contribution is 5.69. The summed E-state index contributed by atoms with van der Waals surface area (Å²) >= 11 is 0. The van der Waals surface area contributed by atoms with Crippen molar-refractivity contribution in [3.8, 4) is 0 Å². The summed E-state index contributed by atoms with van der Waals surface area (Å²) in [5, 5.41) is 11.1. The Morgan fingerprint density at radius 1 is 1.04 bits per heavy atom. The van der Waals surface area contributed by atoms with Crippen molar-refractivity contribution in [3.63, 3.8) is 0 Å². The topological polar surface area (TPSA) is 46.3 Å². The van der Waals surface area contributed by atoms with Gasteiger partial charge < -0.3 is 4.90 Å². The van der Waals surface area contributed by atoms with E-state index in [1.807, 2.05) is 0 Å². The highest BCUT2D eigenvalue weighted by Crippen LogP contribution is 2.41. The summed E-state index contributed by atoms with van der Waals surface area (Å²) in [5.74, 6) is -0.354. The third kappa shape index (κ3) is 2.48. The van der Waals surface area contributed by atoms with E-state index in [0.717, 1.165) is 10.6 Å². The SMILES string of the molecule is FC(F)c1nnc2ccc(N3CCc4c3cccc4C(F)(F)F)nn12. The van der Waals surface area contributed by atoms with Crippen LogP contribution in [-0.2, 0) is 12.6 Å². The van der Waals surface area contributed by atoms with E-state index in [-0.39, 0.29) is 30.0 Å². The molecule has 0 radical (unpaired) electrons. The minimum Gasteiger partial charge on any atom is -0.324 e. The van der Waals surface area contributed by atoms with E-state index < -0.39 is 24.0 Å². The minimum atomic E-state index is -4.45. The zero-order valence-corrected chi connectivity index (χ0v) is 12.5. The lowest BCUT2D eigenvalue weighted by molar-refractivity contribution is -0.138. The molecule has 0 unspecified atom stereocenters. The second-order valence-electron chi connectivity index (χ2n) is 5.52. The molecule has 1 aliphatic rings. The number of hydrogen-bond acceptors (Lipinski definition) is 4. The standard InChI is InChI=1S/C15H10F5N5/c16-13(17)14-22-21-11-4-5-12(23-25(11)14)24-7-6-8-9(15(18,19)20)2-1-3-10(8)24/h1-5,13H,6-7H2. The molecule has 25 heavy (non-hydrogen) atoms. The first kappa shape index (κ1) is 15.7. The van der Waals surface area contributed by atoms with E-state index in [2.05, 4.69) is 15.3 Å². The smallest absolute Gasteiger partial charge is 0.324 e. The summed E-state index contributed by atoms with van der Waals surface area (Å²) in [7, 11) is 0. The van der Waals surface area contributed by atoms with Gasteiger partial charge in [0, 0.05) is 12.2 Å². The molecule has 10 heteroatoms. The molecule has 1 aliphatic heterocycles. The molecule has 0 saturated heterocycles. The Bertz CT molecular complexity index is 949. The van der Waals surface area contributed by atoms with Crippen LogP contribution in [0.25, 0.3) is 5.65 Å². The fraction of sp³-hybridized carbons (Fsp3) is 0.267. The van der Waals surface area contributed by atoms with Crippen molar-refractivity contribution in [3.05, 3.63) is 47.3 Å². The van der Waals surface area contributed by atoms with Gasteiger partial charge in [0.15, 0.2) is 11.5 Å². The number of nitrogens with zero attached hydrogens (tertiary/aromatic N) is 5. The molecule has 0 N–H and O–H groups in total. The van der Waals surface area contributed by atoms with Crippen LogP contribution in [0.4, 0.5) is 33.5 Å². The molecule has 0 atom stereocenters. The molecule has 0 amide bonds. The Kier molecular flexibility index (Phi) is 3.37. The third-order valence-electron chi connectivity index (χ3n) is 4.08. The summed E-state index contributed by atoms with van der Waals surface area (Å²) < 4.78 is 66.3. The van der Waals surface area contributed by atoms with E-state index in [1.165, 1.54) is 18.2 Å². The molecule has 1 aromatic carbocycles. The van der Waals surface area contributed by atoms with Crippen LogP contribution < -0.4 is 4.90 Å². The van der Waals surface area contributed by atoms with Crippen LogP contribution in [0.2, 0.25) is 0 Å². The average Bonchev–Trinajstić information content (AvgIpc) is 3.16. The van der Waals surface area contributed by atoms with Gasteiger partial charge in [-0.25, -0.2) is 8.78 Å². The van der Waals surface area contributed by atoms with Crippen molar-refractivity contribution in [1.82, 2.24) is 19.8 Å². The third-order valence-corrected chi connectivity index (χ3v) is 4.08. The van der Waals surface area contributed by atoms with Crippen molar-refractivity contribution in [1.29, 1.82) is 0 Å². The molecular formula is C15H10F5N5. The Morgan fingerprint density at radius 3 is 2.56 bits per heavy atom. The number of halogens is 5. The van der Waals surface area contributed by atoms with Gasteiger partial charge in [0.1, 0.15) is 0 Å². The predicted molar refractivity (Wildman–Crippen MR) is 77.9 cm³/mol. The fourth-order valence-electron chi connectivity index (χ4n) is 3.01. The number of fused-ring (bicyclic) bond motifs is 2. The van der Waals surface area contributed by atoms with Gasteiger partial charge in [-0.15, -0.1) is 15.3 Å². The number of anilines is 2. The Morgan fingerprint density at radius 2 is 1.84 bits per heavy atom. The number of alkyl halides is 5. The van der Waals surface area contributed by atoms with Gasteiger partial charge in [0.2, 0.25) is 5.82 Å². The van der Waals surface area contributed by atoms with Gasteiger partial charge >= 0.3 is 6.18 Å². The Balaban J connectivity index is 1.81. The highest BCUT2D eigenvalue weighted by Gasteiger charge is 2.37. The molecule has 2 aromatic heterocycles. The maximum atomic E-state index is 13.1. The van der Waals surface area contributed by atoms with E-state index >= 15 is 0 Å². The Labute approximate surface area is 137 Å². The number of benzene rings is 1. The number of rotatable bonds is 2. The maximum Gasteiger partial charge on any atom is 0.416 e. The second-order valence-corrected chi connectivity index (χ2v) is 5.52. The molecule has 0 aliphatic carbocycles. The molecule has 0 saturated carbocycles. The van der Waals surface area contributed by atoms with Gasteiger partial charge in [0.25, 0.3) is 6.43 Å². The first-order valence-electron chi connectivity index (χ1n) is 7.33. The minimum absolute atomic E-state index is 0.141. The monoisotopic (exact) mass is 355 g/mol. The van der Waals surface area contributed by atoms with Gasteiger partial charge in [-0.05, 0) is 36.2 Å². The molecule has 5 nitrogen and oxygen atoms in total. The van der Waals surface area contributed by atoms with Crippen LogP contribution in [0.1, 0.15) is 23.4 Å². The molecule has 130 valence electrons. The van der Waals surface area contributed by atoms with Crippen molar-refractivity contribution in [2.24, 2.45) is 0 Å². The first-order valence-corrected chi connectivity index (χ1v) is 7.33. The van der Waals surface area contributed by atoms with Crippen LogP contribution in [0, 0.1) is 0 Å². The molecule has 4 rings (SSSR count). The van der Waals surface area contributed by atoms with Crippen LogP contribution in [0.3, 0.4) is 0 Å². The zero-order valence-electron chi connectivity index (χ0n) is 12.5. The quantitative estimate of drug-likeness (QED) is 0.657. The van der Waals surface area contributed by atoms with Crippen molar-refractivity contribution in [2.45, 2.75) is 19.0 Å². The van der Waals surface area contributed by atoms with E-state index in [9.17, 15) is 22.0 Å². The lowest BCUT2D eigenvalue weighted by atomic mass is 10.0. The first-order chi connectivity index (χ1) is 11.9. The molecule has 0 fully saturated rings. The zero-order chi connectivity index (χ0) is 17.8. The molecule has 3 heterocycles. The van der Waals surface area contributed by atoms with E-state index in [1.54, 1.807) is 11.0 Å².